The molecule has 1 aliphatic heterocycles. The van der Waals surface area contributed by atoms with E-state index in [9.17, 15) is 19.2 Å². The van der Waals surface area contributed by atoms with Crippen molar-refractivity contribution in [3.8, 4) is 0 Å². The first-order chi connectivity index (χ1) is 11.7. The van der Waals surface area contributed by atoms with Crippen LogP contribution in [0.5, 0.6) is 0 Å². The van der Waals surface area contributed by atoms with Gasteiger partial charge in [0.15, 0.2) is 0 Å². The van der Waals surface area contributed by atoms with Crippen molar-refractivity contribution < 1.29 is 24.3 Å². The molecule has 3 atom stereocenters. The molecule has 1 aliphatic rings. The van der Waals surface area contributed by atoms with E-state index in [1.54, 1.807) is 6.92 Å². The number of carbonyl (C=O) groups excluding carboxylic acids is 3. The Balaban J connectivity index is 2.21. The van der Waals surface area contributed by atoms with Crippen LogP contribution in [0.3, 0.4) is 0 Å². The standard InChI is InChI=1S/C15H19N5O5/c1-7(14(23)24)5-18-20-13(22)8(2)11(19-15(20)25)9-3-4-17-6-10(9)12(16)21/h3-4,6-8,11,18H,5H2,1-2H3,(H2,16,21)(H,19,25)(H,23,24). The molecule has 10 nitrogen and oxygen atoms in total. The predicted molar refractivity (Wildman–Crippen MR) is 84.8 cm³/mol. The van der Waals surface area contributed by atoms with E-state index in [-0.39, 0.29) is 12.1 Å². The van der Waals surface area contributed by atoms with Gasteiger partial charge in [-0.15, -0.1) is 0 Å². The average molecular weight is 349 g/mol. The Kier molecular flexibility index (Phi) is 5.32. The Bertz CT molecular complexity index is 722. The smallest absolute Gasteiger partial charge is 0.339 e. The topological polar surface area (TPSA) is 155 Å². The highest BCUT2D eigenvalue weighted by Crippen LogP contribution is 2.29. The molecule has 1 fully saturated rings. The lowest BCUT2D eigenvalue weighted by Crippen LogP contribution is -2.61. The number of hydrazine groups is 1. The minimum Gasteiger partial charge on any atom is -0.481 e. The molecule has 4 amide bonds. The number of nitrogens with two attached hydrogens (primary N) is 1. The van der Waals surface area contributed by atoms with E-state index in [1.165, 1.54) is 25.4 Å². The van der Waals surface area contributed by atoms with Crippen LogP contribution in [0.15, 0.2) is 18.5 Å². The fourth-order valence-electron chi connectivity index (χ4n) is 2.46. The third-order valence-corrected chi connectivity index (χ3v) is 4.02. The molecule has 0 saturated carbocycles. The molecule has 134 valence electrons. The summed E-state index contributed by atoms with van der Waals surface area (Å²) < 4.78 is 0. The third-order valence-electron chi connectivity index (χ3n) is 4.02. The Morgan fingerprint density at radius 2 is 2.16 bits per heavy atom. The van der Waals surface area contributed by atoms with E-state index >= 15 is 0 Å². The van der Waals surface area contributed by atoms with Crippen LogP contribution in [0.25, 0.3) is 0 Å². The van der Waals surface area contributed by atoms with Gasteiger partial charge in [0, 0.05) is 18.9 Å². The Morgan fingerprint density at radius 1 is 1.48 bits per heavy atom. The van der Waals surface area contributed by atoms with Crippen molar-refractivity contribution in [2.45, 2.75) is 19.9 Å². The van der Waals surface area contributed by atoms with Crippen LogP contribution in [0.4, 0.5) is 4.79 Å². The van der Waals surface area contributed by atoms with Gasteiger partial charge in [-0.25, -0.2) is 10.2 Å². The molecule has 1 saturated heterocycles. The number of primary amides is 1. The Labute approximate surface area is 143 Å². The molecular weight excluding hydrogens is 330 g/mol. The van der Waals surface area contributed by atoms with E-state index in [0.29, 0.717) is 5.56 Å². The maximum atomic E-state index is 12.5. The Hall–Kier alpha value is -3.01. The normalized spacial score (nSPS) is 21.6. The molecule has 1 aromatic rings. The largest absolute Gasteiger partial charge is 0.481 e. The lowest BCUT2D eigenvalue weighted by atomic mass is 9.90. The van der Waals surface area contributed by atoms with Crippen LogP contribution < -0.4 is 16.5 Å². The van der Waals surface area contributed by atoms with Crippen LogP contribution in [-0.4, -0.2) is 45.5 Å². The van der Waals surface area contributed by atoms with Gasteiger partial charge in [-0.1, -0.05) is 13.8 Å². The number of imide groups is 1. The summed E-state index contributed by atoms with van der Waals surface area (Å²) in [5.74, 6) is -3.79. The van der Waals surface area contributed by atoms with Crippen molar-refractivity contribution in [2.75, 3.05) is 6.54 Å². The highest BCUT2D eigenvalue weighted by molar-refractivity contribution is 5.99. The molecule has 10 heteroatoms. The van der Waals surface area contributed by atoms with Crippen LogP contribution in [0.1, 0.15) is 35.8 Å². The summed E-state index contributed by atoms with van der Waals surface area (Å²) in [6.07, 6.45) is 2.71. The zero-order chi connectivity index (χ0) is 18.7. The summed E-state index contributed by atoms with van der Waals surface area (Å²) in [4.78, 5) is 51.0. The maximum Gasteiger partial charge on any atom is 0.339 e. The molecule has 3 unspecified atom stereocenters. The van der Waals surface area contributed by atoms with Gasteiger partial charge in [-0.2, -0.15) is 5.01 Å². The highest BCUT2D eigenvalue weighted by Gasteiger charge is 2.40. The molecule has 0 radical (unpaired) electrons. The molecule has 2 heterocycles. The van der Waals surface area contributed by atoms with Gasteiger partial charge < -0.3 is 16.2 Å². The fraction of sp³-hybridized carbons (Fsp3) is 0.400. The second-order valence-corrected chi connectivity index (χ2v) is 5.82. The van der Waals surface area contributed by atoms with Crippen molar-refractivity contribution in [1.29, 1.82) is 0 Å². The van der Waals surface area contributed by atoms with Crippen LogP contribution in [-0.2, 0) is 9.59 Å². The number of amides is 4. The third kappa shape index (κ3) is 3.74. The molecule has 0 bridgehead atoms. The van der Waals surface area contributed by atoms with Crippen molar-refractivity contribution in [2.24, 2.45) is 17.6 Å². The Morgan fingerprint density at radius 3 is 2.76 bits per heavy atom. The molecular formula is C15H19N5O5. The summed E-state index contributed by atoms with van der Waals surface area (Å²) >= 11 is 0. The highest BCUT2D eigenvalue weighted by atomic mass is 16.4. The SMILES string of the molecule is CC(CNN1C(=O)NC(c2ccncc2C(N)=O)C(C)C1=O)C(=O)O. The fourth-order valence-corrected chi connectivity index (χ4v) is 2.46. The summed E-state index contributed by atoms with van der Waals surface area (Å²) in [5.41, 5.74) is 8.36. The van der Waals surface area contributed by atoms with E-state index in [4.69, 9.17) is 10.8 Å². The maximum absolute atomic E-state index is 12.5. The monoisotopic (exact) mass is 349 g/mol. The average Bonchev–Trinajstić information content (AvgIpc) is 2.57. The van der Waals surface area contributed by atoms with Crippen LogP contribution in [0, 0.1) is 11.8 Å². The number of aliphatic carboxylic acids is 1. The second-order valence-electron chi connectivity index (χ2n) is 5.82. The van der Waals surface area contributed by atoms with E-state index in [2.05, 4.69) is 15.7 Å². The van der Waals surface area contributed by atoms with Gasteiger partial charge in [-0.3, -0.25) is 19.4 Å². The molecule has 25 heavy (non-hydrogen) atoms. The van der Waals surface area contributed by atoms with E-state index < -0.39 is 41.7 Å². The van der Waals surface area contributed by atoms with E-state index in [1.807, 2.05) is 0 Å². The molecule has 5 N–H and O–H groups in total. The lowest BCUT2D eigenvalue weighted by molar-refractivity contribution is -0.143. The number of hydrogen-bond acceptors (Lipinski definition) is 6. The molecule has 0 aromatic carbocycles. The van der Waals surface area contributed by atoms with Crippen molar-refractivity contribution >= 4 is 23.8 Å². The van der Waals surface area contributed by atoms with Crippen molar-refractivity contribution in [3.63, 3.8) is 0 Å². The summed E-state index contributed by atoms with van der Waals surface area (Å²) in [6.45, 7) is 2.95. The van der Waals surface area contributed by atoms with Crippen molar-refractivity contribution in [3.05, 3.63) is 29.6 Å². The number of nitrogens with zero attached hydrogens (tertiary/aromatic N) is 2. The first kappa shape index (κ1) is 18.3. The molecule has 2 rings (SSSR count). The summed E-state index contributed by atoms with van der Waals surface area (Å²) in [7, 11) is 0. The first-order valence-electron chi connectivity index (χ1n) is 7.58. The predicted octanol–water partition coefficient (Wildman–Crippen LogP) is -0.365. The lowest BCUT2D eigenvalue weighted by Gasteiger charge is -2.36. The van der Waals surface area contributed by atoms with Crippen molar-refractivity contribution in [1.82, 2.24) is 20.7 Å². The molecule has 1 aromatic heterocycles. The number of nitrogens with one attached hydrogen (secondary N) is 2. The summed E-state index contributed by atoms with van der Waals surface area (Å²) in [5, 5.41) is 12.3. The molecule has 0 spiro atoms. The second kappa shape index (κ2) is 7.26. The number of hydrogen-bond donors (Lipinski definition) is 4. The van der Waals surface area contributed by atoms with Gasteiger partial charge in [0.05, 0.1) is 23.4 Å². The van der Waals surface area contributed by atoms with Gasteiger partial charge in [0.2, 0.25) is 5.91 Å². The van der Waals surface area contributed by atoms with Gasteiger partial charge in [0.1, 0.15) is 0 Å². The number of urea groups is 1. The van der Waals surface area contributed by atoms with Crippen LogP contribution in [0.2, 0.25) is 0 Å². The quantitative estimate of drug-likeness (QED) is 0.546. The summed E-state index contributed by atoms with van der Waals surface area (Å²) in [6, 6.07) is 0.0306. The first-order valence-corrected chi connectivity index (χ1v) is 7.58. The van der Waals surface area contributed by atoms with Gasteiger partial charge in [0.25, 0.3) is 5.91 Å². The number of rotatable bonds is 6. The van der Waals surface area contributed by atoms with E-state index in [0.717, 1.165) is 5.01 Å². The van der Waals surface area contributed by atoms with Gasteiger partial charge in [-0.05, 0) is 11.6 Å². The molecule has 0 aliphatic carbocycles. The minimum atomic E-state index is -1.05. The zero-order valence-electron chi connectivity index (χ0n) is 13.7. The van der Waals surface area contributed by atoms with Crippen LogP contribution >= 0.6 is 0 Å². The number of aromatic nitrogens is 1. The number of carboxylic acids is 1. The minimum absolute atomic E-state index is 0.0896. The zero-order valence-corrected chi connectivity index (χ0v) is 13.7. The van der Waals surface area contributed by atoms with Gasteiger partial charge >= 0.3 is 12.0 Å². The number of carboxylic acid groups (broad SMARTS) is 1. The number of pyridine rings is 1. The number of carbonyl (C=O) groups is 4.